The van der Waals surface area contributed by atoms with E-state index in [1.165, 1.54) is 37.2 Å². The van der Waals surface area contributed by atoms with Crippen LogP contribution < -0.4 is 5.32 Å². The first-order valence-corrected chi connectivity index (χ1v) is 6.51. The van der Waals surface area contributed by atoms with Crippen LogP contribution in [0, 0.1) is 5.41 Å². The minimum atomic E-state index is 0.432. The van der Waals surface area contributed by atoms with Gasteiger partial charge in [-0.2, -0.15) is 0 Å². The summed E-state index contributed by atoms with van der Waals surface area (Å²) in [4.78, 5) is 0. The quantitative estimate of drug-likeness (QED) is 0.859. The molecule has 0 radical (unpaired) electrons. The molecule has 0 amide bonds. The van der Waals surface area contributed by atoms with Gasteiger partial charge in [0.15, 0.2) is 0 Å². The zero-order valence-corrected chi connectivity index (χ0v) is 10.3. The zero-order valence-electron chi connectivity index (χ0n) is 9.49. The third-order valence-electron chi connectivity index (χ3n) is 3.44. The summed E-state index contributed by atoms with van der Waals surface area (Å²) in [6, 6.07) is 0.632. The number of nitrogens with zero attached hydrogens (tertiary/aromatic N) is 2. The highest BCUT2D eigenvalue weighted by Crippen LogP contribution is 2.35. The van der Waals surface area contributed by atoms with Crippen LogP contribution in [0.15, 0.2) is 5.38 Å². The molecule has 1 unspecified atom stereocenters. The van der Waals surface area contributed by atoms with E-state index in [2.05, 4.69) is 28.8 Å². The molecule has 15 heavy (non-hydrogen) atoms. The lowest BCUT2D eigenvalue weighted by Gasteiger charge is -2.39. The molecule has 1 aliphatic carbocycles. The van der Waals surface area contributed by atoms with Crippen molar-refractivity contribution in [2.75, 3.05) is 0 Å². The van der Waals surface area contributed by atoms with Crippen LogP contribution in [0.5, 0.6) is 0 Å². The van der Waals surface area contributed by atoms with Crippen LogP contribution in [0.3, 0.4) is 0 Å². The second-order valence-electron chi connectivity index (χ2n) is 5.06. The van der Waals surface area contributed by atoms with Crippen molar-refractivity contribution in [1.82, 2.24) is 14.9 Å². The fourth-order valence-electron chi connectivity index (χ4n) is 2.36. The number of aromatic nitrogens is 2. The van der Waals surface area contributed by atoms with E-state index in [1.807, 2.05) is 5.38 Å². The first-order chi connectivity index (χ1) is 7.18. The van der Waals surface area contributed by atoms with E-state index in [0.717, 1.165) is 12.2 Å². The maximum absolute atomic E-state index is 4.05. The summed E-state index contributed by atoms with van der Waals surface area (Å²) in [5.74, 6) is 0. The van der Waals surface area contributed by atoms with Gasteiger partial charge in [0.2, 0.25) is 0 Å². The molecule has 0 aromatic carbocycles. The van der Waals surface area contributed by atoms with E-state index in [-0.39, 0.29) is 0 Å². The number of hydrogen-bond acceptors (Lipinski definition) is 4. The standard InChI is InChI=1S/C11H19N3S/c1-11(2)6-4-3-5-10(11)12-7-9-8-15-14-13-9/h8,10,12H,3-7H2,1-2H3. The Kier molecular flexibility index (Phi) is 3.36. The summed E-state index contributed by atoms with van der Waals surface area (Å²) >= 11 is 1.42. The molecule has 84 valence electrons. The summed E-state index contributed by atoms with van der Waals surface area (Å²) in [7, 11) is 0. The molecule has 1 saturated carbocycles. The molecule has 1 heterocycles. The normalized spacial score (nSPS) is 25.3. The highest BCUT2D eigenvalue weighted by molar-refractivity contribution is 7.03. The summed E-state index contributed by atoms with van der Waals surface area (Å²) < 4.78 is 3.87. The first kappa shape index (κ1) is 11.0. The molecular formula is C11H19N3S. The van der Waals surface area contributed by atoms with Crippen LogP contribution in [-0.2, 0) is 6.54 Å². The van der Waals surface area contributed by atoms with Gasteiger partial charge in [0.25, 0.3) is 0 Å². The van der Waals surface area contributed by atoms with E-state index >= 15 is 0 Å². The largest absolute Gasteiger partial charge is 0.308 e. The molecule has 1 N–H and O–H groups in total. The zero-order chi connectivity index (χ0) is 10.7. The number of nitrogens with one attached hydrogen (secondary N) is 1. The lowest BCUT2D eigenvalue weighted by Crippen LogP contribution is -2.43. The van der Waals surface area contributed by atoms with Crippen molar-refractivity contribution in [2.45, 2.75) is 52.1 Å². The Morgan fingerprint density at radius 3 is 3.07 bits per heavy atom. The van der Waals surface area contributed by atoms with Crippen LogP contribution in [-0.4, -0.2) is 15.6 Å². The molecule has 1 aromatic heterocycles. The third-order valence-corrected chi connectivity index (χ3v) is 4.00. The molecule has 4 heteroatoms. The highest BCUT2D eigenvalue weighted by Gasteiger charge is 2.31. The van der Waals surface area contributed by atoms with Gasteiger partial charge in [-0.15, -0.1) is 5.10 Å². The fourth-order valence-corrected chi connectivity index (χ4v) is 2.81. The van der Waals surface area contributed by atoms with Crippen LogP contribution in [0.2, 0.25) is 0 Å². The van der Waals surface area contributed by atoms with E-state index < -0.39 is 0 Å². The molecule has 0 aliphatic heterocycles. The Labute approximate surface area is 95.4 Å². The average Bonchev–Trinajstić information content (AvgIpc) is 2.68. The summed E-state index contributed by atoms with van der Waals surface area (Å²) in [5.41, 5.74) is 1.50. The second kappa shape index (κ2) is 4.58. The van der Waals surface area contributed by atoms with Gasteiger partial charge in [0.05, 0.1) is 5.69 Å². The van der Waals surface area contributed by atoms with Crippen molar-refractivity contribution in [3.63, 3.8) is 0 Å². The fraction of sp³-hybridized carbons (Fsp3) is 0.818. The van der Waals surface area contributed by atoms with Gasteiger partial charge in [0.1, 0.15) is 0 Å². The monoisotopic (exact) mass is 225 g/mol. The summed E-state index contributed by atoms with van der Waals surface area (Å²) in [5, 5.41) is 9.69. The maximum atomic E-state index is 4.05. The third kappa shape index (κ3) is 2.75. The molecule has 1 aromatic rings. The van der Waals surface area contributed by atoms with Gasteiger partial charge in [0, 0.05) is 18.0 Å². The SMILES string of the molecule is CC1(C)CCCCC1NCc1csnn1. The van der Waals surface area contributed by atoms with E-state index in [4.69, 9.17) is 0 Å². The van der Waals surface area contributed by atoms with Crippen molar-refractivity contribution < 1.29 is 0 Å². The van der Waals surface area contributed by atoms with Crippen LogP contribution in [0.25, 0.3) is 0 Å². The van der Waals surface area contributed by atoms with Crippen molar-refractivity contribution >= 4 is 11.5 Å². The highest BCUT2D eigenvalue weighted by atomic mass is 32.1. The van der Waals surface area contributed by atoms with E-state index in [9.17, 15) is 0 Å². The summed E-state index contributed by atoms with van der Waals surface area (Å²) in [6.45, 7) is 5.59. The molecule has 3 nitrogen and oxygen atoms in total. The first-order valence-electron chi connectivity index (χ1n) is 5.68. The van der Waals surface area contributed by atoms with Crippen molar-refractivity contribution in [2.24, 2.45) is 5.41 Å². The predicted molar refractivity (Wildman–Crippen MR) is 62.8 cm³/mol. The van der Waals surface area contributed by atoms with Gasteiger partial charge < -0.3 is 5.32 Å². The Morgan fingerprint density at radius 2 is 2.40 bits per heavy atom. The van der Waals surface area contributed by atoms with Crippen LogP contribution >= 0.6 is 11.5 Å². The molecule has 1 fully saturated rings. The molecule has 1 aliphatic rings. The lowest BCUT2D eigenvalue weighted by molar-refractivity contribution is 0.166. The minimum Gasteiger partial charge on any atom is -0.308 e. The van der Waals surface area contributed by atoms with Crippen molar-refractivity contribution in [1.29, 1.82) is 0 Å². The average molecular weight is 225 g/mol. The summed E-state index contributed by atoms with van der Waals surface area (Å²) in [6.07, 6.45) is 5.37. The van der Waals surface area contributed by atoms with E-state index in [0.29, 0.717) is 11.5 Å². The van der Waals surface area contributed by atoms with Gasteiger partial charge >= 0.3 is 0 Å². The Balaban J connectivity index is 1.88. The van der Waals surface area contributed by atoms with Gasteiger partial charge in [-0.3, -0.25) is 0 Å². The van der Waals surface area contributed by atoms with Gasteiger partial charge in [-0.1, -0.05) is 31.2 Å². The Bertz CT molecular complexity index is 295. The van der Waals surface area contributed by atoms with E-state index in [1.54, 1.807) is 0 Å². The minimum absolute atomic E-state index is 0.432. The predicted octanol–water partition coefficient (Wildman–Crippen LogP) is 2.60. The molecule has 0 spiro atoms. The molecular weight excluding hydrogens is 206 g/mol. The van der Waals surface area contributed by atoms with Crippen molar-refractivity contribution in [3.8, 4) is 0 Å². The smallest absolute Gasteiger partial charge is 0.0893 e. The molecule has 2 rings (SSSR count). The van der Waals surface area contributed by atoms with Gasteiger partial charge in [-0.25, -0.2) is 0 Å². The Morgan fingerprint density at radius 1 is 1.53 bits per heavy atom. The maximum Gasteiger partial charge on any atom is 0.0893 e. The number of hydrogen-bond donors (Lipinski definition) is 1. The molecule has 0 bridgehead atoms. The topological polar surface area (TPSA) is 37.8 Å². The molecule has 0 saturated heterocycles. The molecule has 1 atom stereocenters. The lowest BCUT2D eigenvalue weighted by atomic mass is 9.73. The van der Waals surface area contributed by atoms with Crippen molar-refractivity contribution in [3.05, 3.63) is 11.1 Å². The van der Waals surface area contributed by atoms with Gasteiger partial charge in [-0.05, 0) is 29.8 Å². The van der Waals surface area contributed by atoms with Crippen LogP contribution in [0.4, 0.5) is 0 Å². The second-order valence-corrected chi connectivity index (χ2v) is 5.67. The number of rotatable bonds is 3. The van der Waals surface area contributed by atoms with Crippen LogP contribution in [0.1, 0.15) is 45.2 Å². The Hall–Kier alpha value is -0.480.